The highest BCUT2D eigenvalue weighted by Gasteiger charge is 2.57. The molecule has 12 nitrogen and oxygen atoms in total. The van der Waals surface area contributed by atoms with Crippen molar-refractivity contribution in [3.05, 3.63) is 22.8 Å². The predicted molar refractivity (Wildman–Crippen MR) is 189 cm³/mol. The van der Waals surface area contributed by atoms with Gasteiger partial charge in [0.2, 0.25) is 0 Å². The summed E-state index contributed by atoms with van der Waals surface area (Å²) in [4.78, 5) is 12.8. The number of fused-ring (bicyclic) bond motifs is 4. The second-order valence-corrected chi connectivity index (χ2v) is 17.8. The molecule has 17 atom stereocenters. The first-order valence-electron chi connectivity index (χ1n) is 19.7. The highest BCUT2D eigenvalue weighted by molar-refractivity contribution is 5.78. The highest BCUT2D eigenvalue weighted by Crippen LogP contribution is 2.65. The van der Waals surface area contributed by atoms with E-state index in [1.165, 1.54) is 11.1 Å². The Morgan fingerprint density at radius 2 is 1.48 bits per heavy atom. The SMILES string of the molecule is CC(C)CC(=O)C[C@@H](C)[C@H]1CC=C2C3=C(CC[C@@]21C)[C@@]1(C)CC[C@H](O[C@@H]2OC(CO)[C@H](O)C(O)C2O[C@@H]2OC(CO)[C@H](O)C(O)C2O)[C@@H](C)[C@@H]1CC3. The van der Waals surface area contributed by atoms with E-state index in [1.807, 2.05) is 0 Å². The van der Waals surface area contributed by atoms with Gasteiger partial charge in [-0.05, 0) is 96.5 Å². The van der Waals surface area contributed by atoms with Crippen LogP contribution in [0.1, 0.15) is 99.3 Å². The molecule has 0 spiro atoms. The Balaban J connectivity index is 1.17. The fraction of sp³-hybridized carbons (Fsp3) is 0.875. The predicted octanol–water partition coefficient (Wildman–Crippen LogP) is 2.53. The molecule has 2 saturated heterocycles. The first-order valence-corrected chi connectivity index (χ1v) is 19.7. The number of carbonyl (C=O) groups excluding carboxylic acids is 1. The Kier molecular flexibility index (Phi) is 12.2. The fourth-order valence-corrected chi connectivity index (χ4v) is 11.2. The molecule has 6 aliphatic rings. The van der Waals surface area contributed by atoms with E-state index < -0.39 is 74.6 Å². The number of rotatable bonds is 11. The third-order valence-corrected chi connectivity index (χ3v) is 14.1. The van der Waals surface area contributed by atoms with Crippen LogP contribution < -0.4 is 0 Å². The quantitative estimate of drug-likeness (QED) is 0.164. The largest absolute Gasteiger partial charge is 0.394 e. The molecule has 2 heterocycles. The van der Waals surface area contributed by atoms with Crippen molar-refractivity contribution in [2.45, 2.75) is 167 Å². The minimum Gasteiger partial charge on any atom is -0.394 e. The van der Waals surface area contributed by atoms with Gasteiger partial charge < -0.3 is 54.7 Å². The second kappa shape index (κ2) is 15.7. The van der Waals surface area contributed by atoms with E-state index in [0.717, 1.165) is 38.5 Å². The van der Waals surface area contributed by atoms with Crippen molar-refractivity contribution in [1.29, 1.82) is 0 Å². The van der Waals surface area contributed by atoms with Crippen LogP contribution in [0, 0.1) is 40.4 Å². The molecule has 0 amide bonds. The molecule has 6 rings (SSSR count). The number of carbonyl (C=O) groups is 1. The molecule has 0 radical (unpaired) electrons. The lowest BCUT2D eigenvalue weighted by Gasteiger charge is -2.57. The van der Waals surface area contributed by atoms with Crippen LogP contribution >= 0.6 is 0 Å². The van der Waals surface area contributed by atoms with Crippen molar-refractivity contribution in [1.82, 2.24) is 0 Å². The first kappa shape index (κ1) is 40.4. The van der Waals surface area contributed by atoms with Gasteiger partial charge in [-0.15, -0.1) is 0 Å². The minimum atomic E-state index is -1.73. The summed E-state index contributed by atoms with van der Waals surface area (Å²) in [5, 5.41) is 72.8. The molecule has 0 aromatic rings. The number of aliphatic hydroxyl groups is 7. The van der Waals surface area contributed by atoms with Crippen LogP contribution in [0.25, 0.3) is 0 Å². The first-order chi connectivity index (χ1) is 24.5. The molecule has 296 valence electrons. The van der Waals surface area contributed by atoms with Gasteiger partial charge in [0.25, 0.3) is 0 Å². The molecule has 3 fully saturated rings. The zero-order valence-corrected chi connectivity index (χ0v) is 31.8. The Hall–Kier alpha value is -1.29. The molecular weight excluding hydrogens is 672 g/mol. The number of hydrogen-bond donors (Lipinski definition) is 7. The molecule has 0 bridgehead atoms. The number of hydrogen-bond acceptors (Lipinski definition) is 12. The van der Waals surface area contributed by atoms with Gasteiger partial charge in [0, 0.05) is 12.8 Å². The van der Waals surface area contributed by atoms with Crippen LogP contribution in [0.5, 0.6) is 0 Å². The number of ketones is 1. The summed E-state index contributed by atoms with van der Waals surface area (Å²) in [6, 6.07) is 0. The zero-order chi connectivity index (χ0) is 37.9. The molecular formula is C40H64O12. The highest BCUT2D eigenvalue weighted by atomic mass is 16.8. The lowest BCUT2D eigenvalue weighted by atomic mass is 9.49. The van der Waals surface area contributed by atoms with Crippen LogP contribution in [0.4, 0.5) is 0 Å². The van der Waals surface area contributed by atoms with E-state index in [-0.39, 0.29) is 22.9 Å². The van der Waals surface area contributed by atoms with Gasteiger partial charge in [-0.1, -0.05) is 53.2 Å². The average Bonchev–Trinajstić information content (AvgIpc) is 3.46. The third-order valence-electron chi connectivity index (χ3n) is 14.1. The van der Waals surface area contributed by atoms with Gasteiger partial charge in [-0.25, -0.2) is 0 Å². The molecule has 0 aromatic carbocycles. The molecule has 7 N–H and O–H groups in total. The second-order valence-electron chi connectivity index (χ2n) is 17.8. The lowest BCUT2D eigenvalue weighted by Crippen LogP contribution is -2.65. The van der Waals surface area contributed by atoms with Gasteiger partial charge in [0.05, 0.1) is 19.3 Å². The Morgan fingerprint density at radius 1 is 0.827 bits per heavy atom. The molecule has 12 heteroatoms. The number of allylic oxidation sites excluding steroid dienone is 4. The summed E-state index contributed by atoms with van der Waals surface area (Å²) in [6.07, 6.45) is -4.58. The fourth-order valence-electron chi connectivity index (χ4n) is 11.2. The van der Waals surface area contributed by atoms with Gasteiger partial charge >= 0.3 is 0 Å². The van der Waals surface area contributed by atoms with Crippen LogP contribution in [-0.4, -0.2) is 122 Å². The molecule has 0 aromatic heterocycles. The Morgan fingerprint density at radius 3 is 2.13 bits per heavy atom. The summed E-state index contributed by atoms with van der Waals surface area (Å²) < 4.78 is 24.1. The van der Waals surface area contributed by atoms with Crippen molar-refractivity contribution in [3.63, 3.8) is 0 Å². The number of ether oxygens (including phenoxy) is 4. The van der Waals surface area contributed by atoms with Crippen LogP contribution in [0.2, 0.25) is 0 Å². The van der Waals surface area contributed by atoms with Gasteiger partial charge in [0.1, 0.15) is 54.6 Å². The van der Waals surface area contributed by atoms with Crippen LogP contribution in [0.3, 0.4) is 0 Å². The topological polar surface area (TPSA) is 196 Å². The van der Waals surface area contributed by atoms with Crippen LogP contribution in [0.15, 0.2) is 22.8 Å². The lowest BCUT2D eigenvalue weighted by molar-refractivity contribution is -0.374. The van der Waals surface area contributed by atoms with E-state index in [1.54, 1.807) is 5.57 Å². The summed E-state index contributed by atoms with van der Waals surface area (Å²) >= 11 is 0. The molecule has 2 aliphatic heterocycles. The smallest absolute Gasteiger partial charge is 0.187 e. The summed E-state index contributed by atoms with van der Waals surface area (Å²) in [5.74, 6) is 1.97. The third kappa shape index (κ3) is 7.13. The monoisotopic (exact) mass is 736 g/mol. The van der Waals surface area contributed by atoms with Gasteiger partial charge in [-0.2, -0.15) is 0 Å². The standard InChI is InChI=1S/C40H64O12/c1-19(2)15-22(43)16-20(3)24-9-10-26-23-7-8-25-21(4)28(12-14-40(25,6)27(23)11-13-39(24,26)5)49-38-36(34(47)32(45)30(18-42)51-38)52-37-35(48)33(46)31(44)29(17-41)50-37/h10,19-21,24-25,28-38,41-42,44-48H,7-9,11-18H2,1-6H3/t20-,21+,24-,25+,28+,29?,30?,31+,32+,33?,34?,35?,36?,37+,38-,39-,40+/m1/s1. The van der Waals surface area contributed by atoms with Gasteiger partial charge in [-0.3, -0.25) is 4.79 Å². The zero-order valence-electron chi connectivity index (χ0n) is 31.8. The maximum Gasteiger partial charge on any atom is 0.187 e. The van der Waals surface area contributed by atoms with Crippen LogP contribution in [-0.2, 0) is 23.7 Å². The van der Waals surface area contributed by atoms with Crippen molar-refractivity contribution >= 4 is 5.78 Å². The van der Waals surface area contributed by atoms with E-state index in [9.17, 15) is 40.5 Å². The van der Waals surface area contributed by atoms with Crippen molar-refractivity contribution in [2.24, 2.45) is 40.4 Å². The van der Waals surface area contributed by atoms with Crippen molar-refractivity contribution < 1.29 is 59.5 Å². The average molecular weight is 737 g/mol. The minimum absolute atomic E-state index is 0.0189. The summed E-state index contributed by atoms with van der Waals surface area (Å²) in [5.41, 5.74) is 4.68. The summed E-state index contributed by atoms with van der Waals surface area (Å²) in [6.45, 7) is 12.3. The van der Waals surface area contributed by atoms with Crippen molar-refractivity contribution in [3.8, 4) is 0 Å². The maximum atomic E-state index is 12.8. The molecule has 1 saturated carbocycles. The molecule has 4 aliphatic carbocycles. The van der Waals surface area contributed by atoms with Crippen molar-refractivity contribution in [2.75, 3.05) is 13.2 Å². The number of Topliss-reactive ketones (excluding diaryl/α,β-unsaturated/α-hetero) is 1. The van der Waals surface area contributed by atoms with E-state index in [0.29, 0.717) is 48.7 Å². The molecule has 52 heavy (non-hydrogen) atoms. The number of aliphatic hydroxyl groups excluding tert-OH is 7. The van der Waals surface area contributed by atoms with E-state index in [4.69, 9.17) is 18.9 Å². The maximum absolute atomic E-state index is 12.8. The van der Waals surface area contributed by atoms with E-state index in [2.05, 4.69) is 47.6 Å². The van der Waals surface area contributed by atoms with Gasteiger partial charge in [0.15, 0.2) is 12.6 Å². The normalized spacial score (nSPS) is 47.1. The molecule has 6 unspecified atom stereocenters. The summed E-state index contributed by atoms with van der Waals surface area (Å²) in [7, 11) is 0. The Bertz CT molecular complexity index is 1350. The van der Waals surface area contributed by atoms with E-state index >= 15 is 0 Å². The Labute approximate surface area is 308 Å².